The van der Waals surface area contributed by atoms with Gasteiger partial charge in [-0.05, 0) is 109 Å². The molecule has 0 atom stereocenters. The van der Waals surface area contributed by atoms with Gasteiger partial charge in [0.1, 0.15) is 0 Å². The number of hydrogen-bond donors (Lipinski definition) is 2. The van der Waals surface area contributed by atoms with Crippen LogP contribution in [0.1, 0.15) is 24.5 Å². The van der Waals surface area contributed by atoms with Gasteiger partial charge < -0.3 is 11.5 Å². The molecule has 0 saturated heterocycles. The van der Waals surface area contributed by atoms with Crippen LogP contribution in [0.5, 0.6) is 0 Å². The first-order valence-electron chi connectivity index (χ1n) is 14.8. The first kappa shape index (κ1) is 27.8. The minimum absolute atomic E-state index is 0.747. The number of hydrogen-bond acceptors (Lipinski definition) is 2. The Kier molecular flexibility index (Phi) is 7.93. The van der Waals surface area contributed by atoms with Crippen molar-refractivity contribution in [3.05, 3.63) is 163 Å². The molecule has 4 N–H and O–H groups in total. The number of nitrogens with two attached hydrogens (primary N) is 2. The Morgan fingerprint density at radius 1 is 0.605 bits per heavy atom. The lowest BCUT2D eigenvalue weighted by atomic mass is 9.85. The van der Waals surface area contributed by atoms with E-state index in [1.54, 1.807) is 12.4 Å². The molecular weight excluding hydrogens is 520 g/mol. The van der Waals surface area contributed by atoms with E-state index in [4.69, 9.17) is 11.5 Å². The van der Waals surface area contributed by atoms with Gasteiger partial charge in [0.15, 0.2) is 0 Å². The highest BCUT2D eigenvalue weighted by Gasteiger charge is 2.17. The summed E-state index contributed by atoms with van der Waals surface area (Å²) >= 11 is 0. The van der Waals surface area contributed by atoms with E-state index in [-0.39, 0.29) is 0 Å². The fourth-order valence-corrected chi connectivity index (χ4v) is 6.20. The summed E-state index contributed by atoms with van der Waals surface area (Å²) < 4.78 is 0. The summed E-state index contributed by atoms with van der Waals surface area (Å²) in [6, 6.07) is 39.7. The zero-order valence-electron chi connectivity index (χ0n) is 24.7. The van der Waals surface area contributed by atoms with Crippen LogP contribution in [0, 0.1) is 6.92 Å². The molecule has 6 aromatic carbocycles. The Morgan fingerprint density at radius 3 is 1.72 bits per heavy atom. The molecule has 6 rings (SSSR count). The summed E-state index contributed by atoms with van der Waals surface area (Å²) in [6.45, 7) is 4.15. The van der Waals surface area contributed by atoms with E-state index in [0.717, 1.165) is 23.1 Å². The molecule has 2 heteroatoms. The molecule has 210 valence electrons. The van der Waals surface area contributed by atoms with Crippen LogP contribution in [0.25, 0.3) is 60.1 Å². The molecule has 0 aliphatic heterocycles. The Bertz CT molecular complexity index is 2030. The first-order chi connectivity index (χ1) is 21.1. The van der Waals surface area contributed by atoms with Crippen LogP contribution in [0.2, 0.25) is 0 Å². The summed E-state index contributed by atoms with van der Waals surface area (Å²) in [4.78, 5) is 0. The van der Waals surface area contributed by atoms with Gasteiger partial charge in [-0.1, -0.05) is 127 Å². The molecule has 0 saturated carbocycles. The van der Waals surface area contributed by atoms with Gasteiger partial charge in [0.05, 0.1) is 0 Å². The van der Waals surface area contributed by atoms with Crippen molar-refractivity contribution in [1.29, 1.82) is 0 Å². The Balaban J connectivity index is 1.49. The van der Waals surface area contributed by atoms with Crippen molar-refractivity contribution in [2.24, 2.45) is 11.5 Å². The minimum Gasteiger partial charge on any atom is -0.404 e. The third-order valence-electron chi connectivity index (χ3n) is 8.22. The van der Waals surface area contributed by atoms with E-state index < -0.39 is 0 Å². The van der Waals surface area contributed by atoms with Crippen molar-refractivity contribution in [3.8, 4) is 22.3 Å². The molecule has 6 aromatic rings. The summed E-state index contributed by atoms with van der Waals surface area (Å²) in [5.74, 6) is 0. The van der Waals surface area contributed by atoms with Gasteiger partial charge in [-0.3, -0.25) is 0 Å². The van der Waals surface area contributed by atoms with Gasteiger partial charge in [-0.15, -0.1) is 0 Å². The lowest BCUT2D eigenvalue weighted by Crippen LogP contribution is -1.94. The first-order valence-corrected chi connectivity index (χ1v) is 14.8. The lowest BCUT2D eigenvalue weighted by molar-refractivity contribution is 1.25. The molecule has 0 bridgehead atoms. The predicted molar refractivity (Wildman–Crippen MR) is 188 cm³/mol. The Hall–Kier alpha value is -5.34. The van der Waals surface area contributed by atoms with Crippen LogP contribution < -0.4 is 11.5 Å². The Labute approximate surface area is 254 Å². The summed E-state index contributed by atoms with van der Waals surface area (Å²) in [6.07, 6.45) is 12.3. The molecule has 0 aliphatic carbocycles. The van der Waals surface area contributed by atoms with Crippen LogP contribution in [-0.2, 0) is 0 Å². The second kappa shape index (κ2) is 12.3. The molecule has 0 amide bonds. The summed E-state index contributed by atoms with van der Waals surface area (Å²) in [5.41, 5.74) is 21.2. The fraction of sp³-hybridized carbons (Fsp3) is 0.0732. The summed E-state index contributed by atoms with van der Waals surface area (Å²) in [7, 11) is 0. The van der Waals surface area contributed by atoms with E-state index in [0.29, 0.717) is 0 Å². The van der Waals surface area contributed by atoms with Gasteiger partial charge in [-0.25, -0.2) is 0 Å². The third-order valence-corrected chi connectivity index (χ3v) is 8.22. The lowest BCUT2D eigenvalue weighted by Gasteiger charge is -2.19. The minimum atomic E-state index is 0.747. The molecule has 0 heterocycles. The SMILES string of the molecule is C/C=C\C(=C/N)C/C=C\C(=C/N)c1ccc(-c2c3ccccc3c(-c3ccc4ccccc4c3)c3ccccc23)cc1C. The molecule has 2 nitrogen and oxygen atoms in total. The molecule has 43 heavy (non-hydrogen) atoms. The third kappa shape index (κ3) is 5.36. The van der Waals surface area contributed by atoms with Crippen LogP contribution >= 0.6 is 0 Å². The van der Waals surface area contributed by atoms with E-state index in [1.165, 1.54) is 60.1 Å². The maximum absolute atomic E-state index is 6.12. The highest BCUT2D eigenvalue weighted by atomic mass is 14.5. The number of fused-ring (bicyclic) bond motifs is 3. The smallest absolute Gasteiger partial charge is 0.00175 e. The average molecular weight is 557 g/mol. The number of allylic oxidation sites excluding steroid dienone is 6. The second-order valence-corrected chi connectivity index (χ2v) is 10.9. The number of rotatable bonds is 7. The van der Waals surface area contributed by atoms with E-state index in [1.807, 2.05) is 19.1 Å². The quantitative estimate of drug-likeness (QED) is 0.152. The molecule has 0 spiro atoms. The Morgan fingerprint density at radius 2 is 1.16 bits per heavy atom. The van der Waals surface area contributed by atoms with Gasteiger partial charge in [0.2, 0.25) is 0 Å². The highest BCUT2D eigenvalue weighted by molar-refractivity contribution is 6.21. The summed E-state index contributed by atoms with van der Waals surface area (Å²) in [5, 5.41) is 7.50. The second-order valence-electron chi connectivity index (χ2n) is 10.9. The molecule has 0 unspecified atom stereocenters. The van der Waals surface area contributed by atoms with E-state index in [2.05, 4.69) is 128 Å². The van der Waals surface area contributed by atoms with Gasteiger partial charge in [0.25, 0.3) is 0 Å². The van der Waals surface area contributed by atoms with Crippen LogP contribution in [0.4, 0.5) is 0 Å². The van der Waals surface area contributed by atoms with Crippen LogP contribution in [0.3, 0.4) is 0 Å². The largest absolute Gasteiger partial charge is 0.404 e. The predicted octanol–water partition coefficient (Wildman–Crippen LogP) is 10.5. The van der Waals surface area contributed by atoms with Crippen molar-refractivity contribution in [3.63, 3.8) is 0 Å². The molecule has 0 fully saturated rings. The molecule has 0 aliphatic rings. The zero-order chi connectivity index (χ0) is 29.8. The van der Waals surface area contributed by atoms with Gasteiger partial charge in [0, 0.05) is 6.20 Å². The van der Waals surface area contributed by atoms with Crippen LogP contribution in [-0.4, -0.2) is 0 Å². The van der Waals surface area contributed by atoms with Gasteiger partial charge in [-0.2, -0.15) is 0 Å². The van der Waals surface area contributed by atoms with Crippen molar-refractivity contribution in [1.82, 2.24) is 0 Å². The number of aryl methyl sites for hydroxylation is 1. The van der Waals surface area contributed by atoms with Crippen molar-refractivity contribution in [2.45, 2.75) is 20.3 Å². The molecule has 0 aromatic heterocycles. The van der Waals surface area contributed by atoms with Crippen molar-refractivity contribution < 1.29 is 0 Å². The normalized spacial score (nSPS) is 12.8. The van der Waals surface area contributed by atoms with E-state index >= 15 is 0 Å². The van der Waals surface area contributed by atoms with Gasteiger partial charge >= 0.3 is 0 Å². The average Bonchev–Trinajstić information content (AvgIpc) is 3.05. The van der Waals surface area contributed by atoms with Crippen LogP contribution in [0.15, 0.2) is 151 Å². The topological polar surface area (TPSA) is 52.0 Å². The standard InChI is InChI=1S/C41H36N2/c1-3-11-29(26-42)12-10-15-34(27-43)35-23-22-32(24-28(35)2)40-36-16-6-8-18-38(36)41(39-19-9-7-17-37(39)40)33-21-20-30-13-4-5-14-31(30)25-33/h3-11,13-27H,12,42-43H2,1-2H3/b11-3-,15-10-,29-26+,34-27+. The van der Waals surface area contributed by atoms with E-state index in [9.17, 15) is 0 Å². The monoisotopic (exact) mass is 556 g/mol. The maximum Gasteiger partial charge on any atom is 0.00175 e. The zero-order valence-corrected chi connectivity index (χ0v) is 24.7. The highest BCUT2D eigenvalue weighted by Crippen LogP contribution is 2.44. The fourth-order valence-electron chi connectivity index (χ4n) is 6.20. The molecule has 0 radical (unpaired) electrons. The van der Waals surface area contributed by atoms with Crippen molar-refractivity contribution >= 4 is 37.9 Å². The maximum atomic E-state index is 6.12. The molecular formula is C41H36N2. The van der Waals surface area contributed by atoms with Crippen molar-refractivity contribution in [2.75, 3.05) is 0 Å². The number of benzene rings is 6.